The Morgan fingerprint density at radius 1 is 0.821 bits per heavy atom. The van der Waals surface area contributed by atoms with E-state index in [4.69, 9.17) is 0 Å². The molecule has 3 aromatic carbocycles. The molecule has 0 amide bonds. The number of ketones is 1. The first-order chi connectivity index (χ1) is 13.6. The van der Waals surface area contributed by atoms with E-state index in [-0.39, 0.29) is 17.1 Å². The number of aliphatic hydroxyl groups excluding tert-OH is 1. The molecule has 138 valence electrons. The van der Waals surface area contributed by atoms with E-state index < -0.39 is 11.8 Å². The number of aryl methyl sites for hydroxylation is 1. The maximum atomic E-state index is 13.2. The van der Waals surface area contributed by atoms with Gasteiger partial charge < -0.3 is 9.90 Å². The van der Waals surface area contributed by atoms with Gasteiger partial charge in [0, 0.05) is 17.0 Å². The van der Waals surface area contributed by atoms with Gasteiger partial charge in [0.25, 0.3) is 0 Å². The van der Waals surface area contributed by atoms with Gasteiger partial charge in [-0.05, 0) is 23.6 Å². The molecule has 3 heteroatoms. The zero-order valence-corrected chi connectivity index (χ0v) is 15.5. The van der Waals surface area contributed by atoms with Crippen molar-refractivity contribution >= 4 is 17.8 Å². The van der Waals surface area contributed by atoms with Crippen molar-refractivity contribution in [3.63, 3.8) is 0 Å². The number of allylic oxidation sites excluding steroid dienone is 1. The van der Waals surface area contributed by atoms with Crippen molar-refractivity contribution in [2.45, 2.75) is 18.8 Å². The summed E-state index contributed by atoms with van der Waals surface area (Å²) in [6.45, 7) is 1.95. The normalized spacial score (nSPS) is 15.2. The average Bonchev–Trinajstić information content (AvgIpc) is 2.98. The Bertz CT molecular complexity index is 1080. The molecule has 0 aromatic heterocycles. The summed E-state index contributed by atoms with van der Waals surface area (Å²) >= 11 is 0. The third-order valence-corrected chi connectivity index (χ3v) is 5.45. The first-order valence-corrected chi connectivity index (χ1v) is 9.26. The van der Waals surface area contributed by atoms with Crippen molar-refractivity contribution in [1.29, 1.82) is 0 Å². The van der Waals surface area contributed by atoms with Crippen LogP contribution in [0.25, 0.3) is 5.76 Å². The lowest BCUT2D eigenvalue weighted by Crippen LogP contribution is -2.20. The number of benzene rings is 3. The molecule has 4 rings (SSSR count). The third kappa shape index (κ3) is 2.85. The van der Waals surface area contributed by atoms with Gasteiger partial charge in [0.1, 0.15) is 12.0 Å². The molecule has 0 unspecified atom stereocenters. The lowest BCUT2D eigenvalue weighted by molar-refractivity contribution is -0.109. The van der Waals surface area contributed by atoms with Gasteiger partial charge in [-0.2, -0.15) is 0 Å². The van der Waals surface area contributed by atoms with Gasteiger partial charge in [-0.15, -0.1) is 0 Å². The van der Waals surface area contributed by atoms with Crippen molar-refractivity contribution in [1.82, 2.24) is 0 Å². The van der Waals surface area contributed by atoms with Crippen LogP contribution < -0.4 is 0 Å². The predicted octanol–water partition coefficient (Wildman–Crippen LogP) is 5.23. The predicted molar refractivity (Wildman–Crippen MR) is 109 cm³/mol. The van der Waals surface area contributed by atoms with E-state index in [0.717, 1.165) is 23.0 Å². The Hall–Kier alpha value is -3.46. The molecule has 0 radical (unpaired) electrons. The number of Topliss-reactive ketones (excluding diaryl/α,β-unsaturated/α-hetero) is 1. The summed E-state index contributed by atoms with van der Waals surface area (Å²) in [4.78, 5) is 25.5. The van der Waals surface area contributed by atoms with Crippen LogP contribution in [0.2, 0.25) is 0 Å². The Balaban J connectivity index is 1.94. The lowest BCUT2D eigenvalue weighted by Gasteiger charge is -2.26. The third-order valence-electron chi connectivity index (χ3n) is 5.45. The molecule has 1 aliphatic carbocycles. The van der Waals surface area contributed by atoms with Crippen molar-refractivity contribution in [3.05, 3.63) is 112 Å². The van der Waals surface area contributed by atoms with Crippen LogP contribution in [0.1, 0.15) is 44.4 Å². The summed E-state index contributed by atoms with van der Waals surface area (Å²) in [6, 6.07) is 24.2. The van der Waals surface area contributed by atoms with Gasteiger partial charge in [-0.1, -0.05) is 78.9 Å². The number of carbonyl (C=O) groups excluding carboxylic acids is 2. The van der Waals surface area contributed by atoms with Crippen LogP contribution in [-0.4, -0.2) is 17.2 Å². The number of carbonyl (C=O) groups is 2. The minimum Gasteiger partial charge on any atom is -0.507 e. The van der Waals surface area contributed by atoms with Crippen LogP contribution in [0.5, 0.6) is 0 Å². The first kappa shape index (κ1) is 17.9. The van der Waals surface area contributed by atoms with E-state index in [1.54, 1.807) is 24.3 Å². The Labute approximate surface area is 164 Å². The number of aldehydes is 1. The van der Waals surface area contributed by atoms with Crippen molar-refractivity contribution in [2.75, 3.05) is 0 Å². The second-order valence-electron chi connectivity index (χ2n) is 7.04. The summed E-state index contributed by atoms with van der Waals surface area (Å²) in [5, 5.41) is 10.9. The molecular weight excluding hydrogens is 348 g/mol. The maximum Gasteiger partial charge on any atom is 0.194 e. The topological polar surface area (TPSA) is 54.4 Å². The molecule has 0 fully saturated rings. The van der Waals surface area contributed by atoms with Crippen molar-refractivity contribution < 1.29 is 14.7 Å². The van der Waals surface area contributed by atoms with E-state index in [0.29, 0.717) is 11.1 Å². The molecule has 3 nitrogen and oxygen atoms in total. The fraction of sp³-hybridized carbons (Fsp3) is 0.120. The van der Waals surface area contributed by atoms with Crippen LogP contribution in [0, 0.1) is 6.92 Å². The standard InChI is InChI=1S/C25H20O3/c1-16-9-5-6-12-18(16)21(15-26)22(17-10-3-2-4-11-17)23-24(27)19-13-7-8-14-20(19)25(23)28/h2-15,21-22,27H,1H3/t21-,22-/m0/s1. The lowest BCUT2D eigenvalue weighted by atomic mass is 9.75. The van der Waals surface area contributed by atoms with Gasteiger partial charge in [0.15, 0.2) is 5.78 Å². The number of rotatable bonds is 5. The molecule has 0 spiro atoms. The number of aliphatic hydroxyl groups is 1. The molecular formula is C25H20O3. The molecule has 0 saturated heterocycles. The summed E-state index contributed by atoms with van der Waals surface area (Å²) in [5.74, 6) is -1.41. The molecule has 28 heavy (non-hydrogen) atoms. The second kappa shape index (κ2) is 7.28. The summed E-state index contributed by atoms with van der Waals surface area (Å²) in [6.07, 6.45) is 0.885. The minimum atomic E-state index is -0.584. The Morgan fingerprint density at radius 3 is 2.07 bits per heavy atom. The fourth-order valence-electron chi connectivity index (χ4n) is 4.08. The Morgan fingerprint density at radius 2 is 1.43 bits per heavy atom. The van der Waals surface area contributed by atoms with Crippen LogP contribution in [-0.2, 0) is 4.79 Å². The van der Waals surface area contributed by atoms with E-state index in [1.165, 1.54) is 0 Å². The zero-order chi connectivity index (χ0) is 19.7. The average molecular weight is 368 g/mol. The van der Waals surface area contributed by atoms with Crippen LogP contribution in [0.4, 0.5) is 0 Å². The smallest absolute Gasteiger partial charge is 0.194 e. The highest BCUT2D eigenvalue weighted by molar-refractivity contribution is 6.20. The molecule has 0 bridgehead atoms. The molecule has 3 aromatic rings. The molecule has 1 aliphatic rings. The molecule has 2 atom stereocenters. The van der Waals surface area contributed by atoms with Gasteiger partial charge >= 0.3 is 0 Å². The minimum absolute atomic E-state index is 0.0325. The van der Waals surface area contributed by atoms with Crippen LogP contribution in [0.3, 0.4) is 0 Å². The quantitative estimate of drug-likeness (QED) is 0.628. The van der Waals surface area contributed by atoms with E-state index >= 15 is 0 Å². The van der Waals surface area contributed by atoms with Gasteiger partial charge in [0.2, 0.25) is 0 Å². The number of hydrogen-bond donors (Lipinski definition) is 1. The van der Waals surface area contributed by atoms with Gasteiger partial charge in [0.05, 0.1) is 11.5 Å². The zero-order valence-electron chi connectivity index (χ0n) is 15.5. The maximum absolute atomic E-state index is 13.2. The van der Waals surface area contributed by atoms with Crippen molar-refractivity contribution in [3.8, 4) is 0 Å². The number of fused-ring (bicyclic) bond motifs is 1. The summed E-state index contributed by atoms with van der Waals surface area (Å²) in [7, 11) is 0. The van der Waals surface area contributed by atoms with E-state index in [1.807, 2.05) is 61.5 Å². The Kier molecular flexibility index (Phi) is 4.66. The van der Waals surface area contributed by atoms with E-state index in [2.05, 4.69) is 0 Å². The highest BCUT2D eigenvalue weighted by Gasteiger charge is 2.39. The monoisotopic (exact) mass is 368 g/mol. The summed E-state index contributed by atoms with van der Waals surface area (Å²) in [5.41, 5.74) is 3.94. The highest BCUT2D eigenvalue weighted by Crippen LogP contribution is 2.45. The molecule has 0 saturated carbocycles. The number of hydrogen-bond acceptors (Lipinski definition) is 3. The SMILES string of the molecule is Cc1ccccc1[C@H](C=O)[C@@H](C1=C(O)c2ccccc2C1=O)c1ccccc1. The summed E-state index contributed by atoms with van der Waals surface area (Å²) < 4.78 is 0. The van der Waals surface area contributed by atoms with Crippen molar-refractivity contribution in [2.24, 2.45) is 0 Å². The first-order valence-electron chi connectivity index (χ1n) is 9.26. The molecule has 1 N–H and O–H groups in total. The van der Waals surface area contributed by atoms with Gasteiger partial charge in [-0.25, -0.2) is 0 Å². The van der Waals surface area contributed by atoms with Gasteiger partial charge in [-0.3, -0.25) is 4.79 Å². The second-order valence-corrected chi connectivity index (χ2v) is 7.04. The fourth-order valence-corrected chi connectivity index (χ4v) is 4.08. The van der Waals surface area contributed by atoms with Crippen LogP contribution >= 0.6 is 0 Å². The molecule has 0 heterocycles. The highest BCUT2D eigenvalue weighted by atomic mass is 16.3. The van der Waals surface area contributed by atoms with E-state index in [9.17, 15) is 14.7 Å². The molecule has 0 aliphatic heterocycles. The largest absolute Gasteiger partial charge is 0.507 e. The van der Waals surface area contributed by atoms with Crippen LogP contribution in [0.15, 0.2) is 84.4 Å².